The molecule has 0 saturated carbocycles. The van der Waals surface area contributed by atoms with E-state index in [0.717, 1.165) is 12.1 Å². The molecule has 0 unspecified atom stereocenters. The normalized spacial score (nSPS) is 10.7. The zero-order chi connectivity index (χ0) is 17.8. The second-order valence-electron chi connectivity index (χ2n) is 5.30. The van der Waals surface area contributed by atoms with E-state index in [9.17, 15) is 13.2 Å². The van der Waals surface area contributed by atoms with E-state index >= 15 is 0 Å². The highest BCUT2D eigenvalue weighted by molar-refractivity contribution is 5.45. The van der Waals surface area contributed by atoms with Crippen molar-refractivity contribution in [3.05, 3.63) is 71.6 Å². The van der Waals surface area contributed by atoms with Crippen LogP contribution in [0.5, 0.6) is 5.75 Å². The van der Waals surface area contributed by atoms with Gasteiger partial charge < -0.3 is 14.2 Å². The van der Waals surface area contributed by atoms with E-state index in [4.69, 9.17) is 9.26 Å². The van der Waals surface area contributed by atoms with Crippen LogP contribution in [0.4, 0.5) is 18.9 Å². The lowest BCUT2D eigenvalue weighted by molar-refractivity contribution is 0.284. The first-order chi connectivity index (χ1) is 12.0. The average molecular weight is 349 g/mol. The van der Waals surface area contributed by atoms with Crippen molar-refractivity contribution in [3.63, 3.8) is 0 Å². The van der Waals surface area contributed by atoms with Gasteiger partial charge in [0.2, 0.25) is 11.7 Å². The molecule has 1 heterocycles. The number of rotatable bonds is 6. The minimum Gasteiger partial charge on any atom is -0.485 e. The zero-order valence-corrected chi connectivity index (χ0v) is 13.2. The summed E-state index contributed by atoms with van der Waals surface area (Å²) in [6.07, 6.45) is 0. The summed E-state index contributed by atoms with van der Waals surface area (Å²) in [5.41, 5.74) is 0.473. The van der Waals surface area contributed by atoms with Gasteiger partial charge in [-0.05, 0) is 36.4 Å². The fourth-order valence-corrected chi connectivity index (χ4v) is 2.11. The number of ether oxygens (including phenoxy) is 1. The minimum atomic E-state index is -0.928. The second-order valence-corrected chi connectivity index (χ2v) is 5.30. The standard InChI is InChI=1S/C17H14F3N3O2/c1-23(12-4-7-14(19)15(20)8-12)9-17-21-16(22-25-17)10-24-13-5-2-11(18)3-6-13/h2-8H,9-10H2,1H3. The molecule has 0 saturated heterocycles. The third-order valence-electron chi connectivity index (χ3n) is 3.41. The number of halogens is 3. The molecule has 3 aromatic rings. The Labute approximate surface area is 141 Å². The summed E-state index contributed by atoms with van der Waals surface area (Å²) < 4.78 is 49.6. The van der Waals surface area contributed by atoms with Crippen LogP contribution in [0.15, 0.2) is 47.0 Å². The van der Waals surface area contributed by atoms with Crippen molar-refractivity contribution in [1.29, 1.82) is 0 Å². The number of hydrogen-bond acceptors (Lipinski definition) is 5. The number of anilines is 1. The Bertz CT molecular complexity index is 853. The van der Waals surface area contributed by atoms with Gasteiger partial charge in [0.1, 0.15) is 11.6 Å². The highest BCUT2D eigenvalue weighted by Crippen LogP contribution is 2.18. The molecule has 130 valence electrons. The molecular weight excluding hydrogens is 335 g/mol. The van der Waals surface area contributed by atoms with Crippen LogP contribution in [-0.2, 0) is 13.2 Å². The highest BCUT2D eigenvalue weighted by Gasteiger charge is 2.12. The van der Waals surface area contributed by atoms with E-state index in [1.807, 2.05) is 0 Å². The lowest BCUT2D eigenvalue weighted by Gasteiger charge is -2.16. The van der Waals surface area contributed by atoms with E-state index < -0.39 is 11.6 Å². The first kappa shape index (κ1) is 16.8. The maximum atomic E-state index is 13.3. The molecule has 0 radical (unpaired) electrons. The number of benzene rings is 2. The van der Waals surface area contributed by atoms with Gasteiger partial charge in [-0.3, -0.25) is 0 Å². The quantitative estimate of drug-likeness (QED) is 0.679. The second kappa shape index (κ2) is 7.25. The Morgan fingerprint density at radius 1 is 1.04 bits per heavy atom. The van der Waals surface area contributed by atoms with Crippen molar-refractivity contribution in [2.75, 3.05) is 11.9 Å². The Kier molecular flexibility index (Phi) is 4.87. The Hall–Kier alpha value is -3.03. The summed E-state index contributed by atoms with van der Waals surface area (Å²) >= 11 is 0. The van der Waals surface area contributed by atoms with Gasteiger partial charge in [-0.15, -0.1) is 0 Å². The van der Waals surface area contributed by atoms with Gasteiger partial charge in [0.25, 0.3) is 0 Å². The third-order valence-corrected chi connectivity index (χ3v) is 3.41. The van der Waals surface area contributed by atoms with Gasteiger partial charge in [-0.1, -0.05) is 5.16 Å². The van der Waals surface area contributed by atoms with Crippen molar-refractivity contribution in [3.8, 4) is 5.75 Å². The zero-order valence-electron chi connectivity index (χ0n) is 13.2. The lowest BCUT2D eigenvalue weighted by atomic mass is 10.3. The summed E-state index contributed by atoms with van der Waals surface area (Å²) in [4.78, 5) is 5.80. The Morgan fingerprint density at radius 2 is 1.80 bits per heavy atom. The predicted octanol–water partition coefficient (Wildman–Crippen LogP) is 3.70. The van der Waals surface area contributed by atoms with Crippen molar-refractivity contribution in [1.82, 2.24) is 10.1 Å². The van der Waals surface area contributed by atoms with Crippen LogP contribution in [-0.4, -0.2) is 17.2 Å². The van der Waals surface area contributed by atoms with Crippen LogP contribution in [0.3, 0.4) is 0 Å². The first-order valence-corrected chi connectivity index (χ1v) is 7.37. The topological polar surface area (TPSA) is 51.4 Å². The monoisotopic (exact) mass is 349 g/mol. The van der Waals surface area contributed by atoms with Crippen molar-refractivity contribution < 1.29 is 22.4 Å². The summed E-state index contributed by atoms with van der Waals surface area (Å²) in [7, 11) is 1.69. The van der Waals surface area contributed by atoms with E-state index in [-0.39, 0.29) is 19.0 Å². The first-order valence-electron chi connectivity index (χ1n) is 7.37. The fourth-order valence-electron chi connectivity index (χ4n) is 2.11. The molecule has 8 heteroatoms. The van der Waals surface area contributed by atoms with Gasteiger partial charge in [-0.2, -0.15) is 4.98 Å². The van der Waals surface area contributed by atoms with Crippen LogP contribution >= 0.6 is 0 Å². The maximum Gasteiger partial charge on any atom is 0.246 e. The lowest BCUT2D eigenvalue weighted by Crippen LogP contribution is -2.17. The molecule has 0 bridgehead atoms. The van der Waals surface area contributed by atoms with Crippen LogP contribution < -0.4 is 9.64 Å². The number of aromatic nitrogens is 2. The van der Waals surface area contributed by atoms with E-state index in [0.29, 0.717) is 23.2 Å². The molecule has 1 aromatic heterocycles. The minimum absolute atomic E-state index is 0.0595. The maximum absolute atomic E-state index is 13.3. The van der Waals surface area contributed by atoms with Gasteiger partial charge in [0.15, 0.2) is 18.2 Å². The Balaban J connectivity index is 1.59. The highest BCUT2D eigenvalue weighted by atomic mass is 19.2. The van der Waals surface area contributed by atoms with Crippen molar-refractivity contribution in [2.24, 2.45) is 0 Å². The van der Waals surface area contributed by atoms with Crippen molar-refractivity contribution in [2.45, 2.75) is 13.2 Å². The molecule has 0 N–H and O–H groups in total. The molecule has 0 spiro atoms. The molecule has 0 fully saturated rings. The van der Waals surface area contributed by atoms with Crippen LogP contribution in [0, 0.1) is 17.5 Å². The van der Waals surface area contributed by atoms with Crippen LogP contribution in [0.2, 0.25) is 0 Å². The average Bonchev–Trinajstić information content (AvgIpc) is 3.04. The summed E-state index contributed by atoms with van der Waals surface area (Å²) in [6.45, 7) is 0.276. The molecule has 3 rings (SSSR count). The van der Waals surface area contributed by atoms with Gasteiger partial charge in [-0.25, -0.2) is 13.2 Å². The Morgan fingerprint density at radius 3 is 2.52 bits per heavy atom. The molecule has 0 amide bonds. The summed E-state index contributed by atoms with van der Waals surface area (Å²) in [6, 6.07) is 9.15. The number of nitrogens with zero attached hydrogens (tertiary/aromatic N) is 3. The molecule has 2 aromatic carbocycles. The summed E-state index contributed by atoms with van der Waals surface area (Å²) in [5.74, 6) is -1.09. The molecule has 0 aliphatic heterocycles. The number of hydrogen-bond donors (Lipinski definition) is 0. The predicted molar refractivity (Wildman–Crippen MR) is 83.5 cm³/mol. The SMILES string of the molecule is CN(Cc1nc(COc2ccc(F)cc2)no1)c1ccc(F)c(F)c1. The molecule has 0 aliphatic rings. The molecule has 5 nitrogen and oxygen atoms in total. The van der Waals surface area contributed by atoms with Gasteiger partial charge >= 0.3 is 0 Å². The smallest absolute Gasteiger partial charge is 0.246 e. The van der Waals surface area contributed by atoms with E-state index in [2.05, 4.69) is 10.1 Å². The van der Waals surface area contributed by atoms with E-state index in [1.165, 1.54) is 30.3 Å². The fraction of sp³-hybridized carbons (Fsp3) is 0.176. The van der Waals surface area contributed by atoms with Gasteiger partial charge in [0.05, 0.1) is 6.54 Å². The molecule has 0 aliphatic carbocycles. The largest absolute Gasteiger partial charge is 0.485 e. The molecular formula is C17H14F3N3O2. The van der Waals surface area contributed by atoms with Crippen LogP contribution in [0.25, 0.3) is 0 Å². The third kappa shape index (κ3) is 4.28. The van der Waals surface area contributed by atoms with E-state index in [1.54, 1.807) is 11.9 Å². The molecule has 25 heavy (non-hydrogen) atoms. The summed E-state index contributed by atoms with van der Waals surface area (Å²) in [5, 5.41) is 3.78. The van der Waals surface area contributed by atoms with Gasteiger partial charge in [0, 0.05) is 18.8 Å². The van der Waals surface area contributed by atoms with Crippen molar-refractivity contribution >= 4 is 5.69 Å². The molecule has 0 atom stereocenters. The van der Waals surface area contributed by atoms with Crippen LogP contribution in [0.1, 0.15) is 11.7 Å².